The molecule has 0 aromatic rings. The van der Waals surface area contributed by atoms with E-state index in [1.54, 1.807) is 0 Å². The number of aliphatic hydroxyl groups is 2. The van der Waals surface area contributed by atoms with Crippen molar-refractivity contribution in [2.75, 3.05) is 6.61 Å². The smallest absolute Gasteiger partial charge is 0.220 e. The molecule has 0 heterocycles. The molecule has 2 unspecified atom stereocenters. The number of rotatable bonds is 37. The maximum atomic E-state index is 12.4. The molecule has 268 valence electrons. The highest BCUT2D eigenvalue weighted by atomic mass is 16.3. The largest absolute Gasteiger partial charge is 0.394 e. The summed E-state index contributed by atoms with van der Waals surface area (Å²) in [6.07, 6.45) is 45.6. The first-order valence-corrected chi connectivity index (χ1v) is 20.4. The average molecular weight is 636 g/mol. The highest BCUT2D eigenvalue weighted by Crippen LogP contribution is 2.15. The first-order valence-electron chi connectivity index (χ1n) is 20.4. The molecule has 0 aromatic heterocycles. The van der Waals surface area contributed by atoms with Crippen molar-refractivity contribution in [1.82, 2.24) is 5.32 Å². The Balaban J connectivity index is 3.52. The molecular formula is C41H81NO3. The minimum atomic E-state index is -0.656. The van der Waals surface area contributed by atoms with E-state index in [4.69, 9.17) is 0 Å². The van der Waals surface area contributed by atoms with E-state index in [-0.39, 0.29) is 12.5 Å². The van der Waals surface area contributed by atoms with Gasteiger partial charge in [-0.15, -0.1) is 0 Å². The Hall–Kier alpha value is -0.870. The van der Waals surface area contributed by atoms with E-state index in [1.807, 2.05) is 0 Å². The molecule has 4 nitrogen and oxygen atoms in total. The lowest BCUT2D eigenvalue weighted by Crippen LogP contribution is -2.45. The van der Waals surface area contributed by atoms with Gasteiger partial charge < -0.3 is 15.5 Å². The van der Waals surface area contributed by atoms with E-state index < -0.39 is 12.1 Å². The van der Waals surface area contributed by atoms with Crippen LogP contribution in [0.4, 0.5) is 0 Å². The first-order chi connectivity index (χ1) is 22.2. The maximum absolute atomic E-state index is 12.4. The highest BCUT2D eigenvalue weighted by molar-refractivity contribution is 5.76. The van der Waals surface area contributed by atoms with Gasteiger partial charge in [0.25, 0.3) is 0 Å². The van der Waals surface area contributed by atoms with Gasteiger partial charge in [0.15, 0.2) is 0 Å². The zero-order chi connectivity index (χ0) is 32.9. The van der Waals surface area contributed by atoms with Gasteiger partial charge >= 0.3 is 0 Å². The summed E-state index contributed by atoms with van der Waals surface area (Å²) in [6.45, 7) is 4.36. The molecule has 0 radical (unpaired) electrons. The summed E-state index contributed by atoms with van der Waals surface area (Å²) < 4.78 is 0. The van der Waals surface area contributed by atoms with Crippen LogP contribution in [0.2, 0.25) is 0 Å². The van der Waals surface area contributed by atoms with Gasteiger partial charge in [-0.3, -0.25) is 4.79 Å². The van der Waals surface area contributed by atoms with Crippen LogP contribution in [0.25, 0.3) is 0 Å². The fourth-order valence-corrected chi connectivity index (χ4v) is 6.36. The number of hydrogen-bond acceptors (Lipinski definition) is 3. The molecule has 0 aliphatic rings. The molecule has 4 heteroatoms. The Morgan fingerprint density at radius 2 is 0.844 bits per heavy atom. The molecule has 0 saturated carbocycles. The summed E-state index contributed by atoms with van der Waals surface area (Å²) in [5.41, 5.74) is 0. The van der Waals surface area contributed by atoms with Crippen LogP contribution in [0.15, 0.2) is 12.2 Å². The van der Waals surface area contributed by atoms with Crippen LogP contribution in [0.3, 0.4) is 0 Å². The van der Waals surface area contributed by atoms with Gasteiger partial charge in [0.1, 0.15) is 0 Å². The molecule has 0 fully saturated rings. The van der Waals surface area contributed by atoms with Crippen LogP contribution in [-0.4, -0.2) is 34.9 Å². The molecule has 0 spiro atoms. The van der Waals surface area contributed by atoms with Crippen molar-refractivity contribution in [2.24, 2.45) is 0 Å². The second-order valence-corrected chi connectivity index (χ2v) is 14.1. The van der Waals surface area contributed by atoms with Crippen molar-refractivity contribution in [3.05, 3.63) is 12.2 Å². The number of carbonyl (C=O) groups is 1. The van der Waals surface area contributed by atoms with Crippen molar-refractivity contribution in [2.45, 2.75) is 238 Å². The van der Waals surface area contributed by atoms with Crippen LogP contribution >= 0.6 is 0 Å². The Labute approximate surface area is 282 Å². The predicted molar refractivity (Wildman–Crippen MR) is 198 cm³/mol. The summed E-state index contributed by atoms with van der Waals surface area (Å²) in [6, 6.07) is -0.533. The summed E-state index contributed by atoms with van der Waals surface area (Å²) in [5, 5.41) is 23.1. The van der Waals surface area contributed by atoms with Crippen LogP contribution < -0.4 is 5.32 Å². The average Bonchev–Trinajstić information content (AvgIpc) is 3.04. The van der Waals surface area contributed by atoms with Gasteiger partial charge in [-0.1, -0.05) is 193 Å². The standard InChI is InChI=1S/C41H81NO3/c1-3-5-7-9-11-13-15-17-19-20-21-22-23-25-27-29-31-33-35-37-41(45)42-39(38-43)40(44)36-34-32-30-28-26-24-18-16-14-12-10-8-6-4-2/h20-21,39-40,43-44H,3-19,22-38H2,1-2H3,(H,42,45)/b21-20-. The Bertz CT molecular complexity index is 608. The molecule has 2 atom stereocenters. The van der Waals surface area contributed by atoms with Crippen LogP contribution in [0.1, 0.15) is 226 Å². The highest BCUT2D eigenvalue weighted by Gasteiger charge is 2.19. The summed E-state index contributed by atoms with van der Waals surface area (Å²) in [5.74, 6) is -0.0344. The van der Waals surface area contributed by atoms with Gasteiger partial charge in [-0.05, 0) is 38.5 Å². The number of aliphatic hydroxyl groups excluding tert-OH is 2. The molecule has 0 aliphatic heterocycles. The zero-order valence-electron chi connectivity index (χ0n) is 30.7. The van der Waals surface area contributed by atoms with Crippen molar-refractivity contribution < 1.29 is 15.0 Å². The molecule has 0 saturated heterocycles. The minimum Gasteiger partial charge on any atom is -0.394 e. The van der Waals surface area contributed by atoms with Gasteiger partial charge in [0.05, 0.1) is 18.8 Å². The summed E-state index contributed by atoms with van der Waals surface area (Å²) >= 11 is 0. The quantitative estimate of drug-likeness (QED) is 0.0470. The number of allylic oxidation sites excluding steroid dienone is 2. The monoisotopic (exact) mass is 636 g/mol. The number of amides is 1. The lowest BCUT2D eigenvalue weighted by Gasteiger charge is -2.22. The fourth-order valence-electron chi connectivity index (χ4n) is 6.36. The molecule has 0 bridgehead atoms. The van der Waals surface area contributed by atoms with E-state index in [0.717, 1.165) is 25.7 Å². The Morgan fingerprint density at radius 1 is 0.511 bits per heavy atom. The molecule has 1 amide bonds. The Kier molecular flexibility index (Phi) is 36.9. The summed E-state index contributed by atoms with van der Waals surface area (Å²) in [4.78, 5) is 12.4. The van der Waals surface area contributed by atoms with Gasteiger partial charge in [-0.25, -0.2) is 0 Å². The number of hydrogen-bond donors (Lipinski definition) is 3. The van der Waals surface area contributed by atoms with Gasteiger partial charge in [0.2, 0.25) is 5.91 Å². The van der Waals surface area contributed by atoms with Crippen molar-refractivity contribution in [1.29, 1.82) is 0 Å². The number of unbranched alkanes of at least 4 members (excludes halogenated alkanes) is 28. The minimum absolute atomic E-state index is 0.0344. The predicted octanol–water partition coefficient (Wildman–Crippen LogP) is 12.3. The fraction of sp³-hybridized carbons (Fsp3) is 0.927. The molecule has 45 heavy (non-hydrogen) atoms. The van der Waals surface area contributed by atoms with E-state index in [0.29, 0.717) is 12.8 Å². The van der Waals surface area contributed by atoms with Crippen molar-refractivity contribution in [3.8, 4) is 0 Å². The SMILES string of the molecule is CCCCCCCCCC/C=C\CCCCCCCCCC(=O)NC(CO)C(O)CCCCCCCCCCCCCCCC. The van der Waals surface area contributed by atoms with E-state index in [2.05, 4.69) is 31.3 Å². The van der Waals surface area contributed by atoms with Crippen LogP contribution in [0.5, 0.6) is 0 Å². The van der Waals surface area contributed by atoms with Gasteiger partial charge in [0, 0.05) is 6.42 Å². The molecule has 0 rings (SSSR count). The lowest BCUT2D eigenvalue weighted by molar-refractivity contribution is -0.123. The number of nitrogens with one attached hydrogen (secondary N) is 1. The van der Waals surface area contributed by atoms with Crippen LogP contribution in [0, 0.1) is 0 Å². The second-order valence-electron chi connectivity index (χ2n) is 14.1. The maximum Gasteiger partial charge on any atom is 0.220 e. The number of carbonyl (C=O) groups excluding carboxylic acids is 1. The second kappa shape index (κ2) is 37.6. The topological polar surface area (TPSA) is 69.6 Å². The third kappa shape index (κ3) is 34.3. The van der Waals surface area contributed by atoms with Crippen molar-refractivity contribution >= 4 is 5.91 Å². The van der Waals surface area contributed by atoms with E-state index >= 15 is 0 Å². The zero-order valence-corrected chi connectivity index (χ0v) is 30.7. The molecule has 0 aliphatic carbocycles. The van der Waals surface area contributed by atoms with Crippen LogP contribution in [-0.2, 0) is 4.79 Å². The molecule has 0 aromatic carbocycles. The third-order valence-electron chi connectivity index (χ3n) is 9.53. The van der Waals surface area contributed by atoms with Crippen molar-refractivity contribution in [3.63, 3.8) is 0 Å². The van der Waals surface area contributed by atoms with E-state index in [9.17, 15) is 15.0 Å². The van der Waals surface area contributed by atoms with Gasteiger partial charge in [-0.2, -0.15) is 0 Å². The molecule has 3 N–H and O–H groups in total. The Morgan fingerprint density at radius 3 is 1.22 bits per heavy atom. The summed E-state index contributed by atoms with van der Waals surface area (Å²) in [7, 11) is 0. The van der Waals surface area contributed by atoms with E-state index in [1.165, 1.54) is 173 Å². The first kappa shape index (κ1) is 44.1. The molecular weight excluding hydrogens is 554 g/mol. The normalized spacial score (nSPS) is 13.1. The third-order valence-corrected chi connectivity index (χ3v) is 9.53. The lowest BCUT2D eigenvalue weighted by atomic mass is 10.0.